The van der Waals surface area contributed by atoms with Crippen LogP contribution in [-0.4, -0.2) is 22.1 Å². The highest BCUT2D eigenvalue weighted by Gasteiger charge is 2.44. The molecule has 12 heteroatoms. The highest BCUT2D eigenvalue weighted by atomic mass is 79.9. The number of alkyl halides is 3. The van der Waals surface area contributed by atoms with Gasteiger partial charge in [0.15, 0.2) is 0 Å². The fourth-order valence-electron chi connectivity index (χ4n) is 1.52. The lowest BCUT2D eigenvalue weighted by Gasteiger charge is -2.11. The van der Waals surface area contributed by atoms with Crippen LogP contribution in [-0.2, 0) is 9.84 Å². The largest absolute Gasteiger partial charge is 0.362 e. The average Bonchev–Trinajstić information content (AvgIpc) is 2.69. The standard InChI is InChI=1S/C10H3Br2Cl4FN2O2S/c11-4-1-5(13)8(6(14)2-4)19-9(12)7(3-18-19)22(20,21)10(15,16)17/h1-3H. The summed E-state index contributed by atoms with van der Waals surface area (Å²) in [5.41, 5.74) is 0.202. The van der Waals surface area contributed by atoms with Gasteiger partial charge >= 0.3 is 3.92 Å². The summed E-state index contributed by atoms with van der Waals surface area (Å²) >= 11 is 28.5. The van der Waals surface area contributed by atoms with Crippen LogP contribution in [0, 0.1) is 0 Å². The van der Waals surface area contributed by atoms with Gasteiger partial charge in [-0.3, -0.25) is 0 Å². The molecule has 0 fully saturated rings. The first-order chi connectivity index (χ1) is 9.96. The molecule has 1 aromatic heterocycles. The quantitative estimate of drug-likeness (QED) is 0.485. The number of hydrogen-bond donors (Lipinski definition) is 0. The molecule has 1 aromatic carbocycles. The van der Waals surface area contributed by atoms with E-state index in [1.54, 1.807) is 0 Å². The molecule has 1 heterocycles. The van der Waals surface area contributed by atoms with E-state index in [0.717, 1.165) is 10.9 Å². The summed E-state index contributed by atoms with van der Waals surface area (Å²) in [7, 11) is -4.69. The van der Waals surface area contributed by atoms with Gasteiger partial charge < -0.3 is 0 Å². The van der Waals surface area contributed by atoms with Crippen molar-refractivity contribution in [3.05, 3.63) is 37.5 Å². The molecule has 2 aromatic rings. The molecule has 0 spiro atoms. The Labute approximate surface area is 161 Å². The monoisotopic (exact) mass is 532 g/mol. The van der Waals surface area contributed by atoms with Crippen LogP contribution < -0.4 is 0 Å². The maximum atomic E-state index is 13.5. The van der Waals surface area contributed by atoms with Gasteiger partial charge in [-0.2, -0.15) is 9.49 Å². The van der Waals surface area contributed by atoms with E-state index in [1.807, 2.05) is 0 Å². The van der Waals surface area contributed by atoms with Gasteiger partial charge in [-0.15, -0.1) is 0 Å². The summed E-state index contributed by atoms with van der Waals surface area (Å²) in [6.07, 6.45) is 0.882. The third-order valence-corrected chi connectivity index (χ3v) is 7.23. The van der Waals surface area contributed by atoms with Crippen molar-refractivity contribution in [2.24, 2.45) is 0 Å². The smallest absolute Gasteiger partial charge is 0.222 e. The molecule has 22 heavy (non-hydrogen) atoms. The van der Waals surface area contributed by atoms with Gasteiger partial charge in [0.05, 0.1) is 16.2 Å². The Hall–Kier alpha value is 0.430. The van der Waals surface area contributed by atoms with Gasteiger partial charge in [-0.25, -0.2) is 13.1 Å². The highest BCUT2D eigenvalue weighted by Crippen LogP contribution is 2.40. The van der Waals surface area contributed by atoms with Crippen LogP contribution in [0.2, 0.25) is 10.0 Å². The molecule has 120 valence electrons. The topological polar surface area (TPSA) is 52.0 Å². The van der Waals surface area contributed by atoms with Crippen LogP contribution in [0.5, 0.6) is 0 Å². The Morgan fingerprint density at radius 2 is 1.68 bits per heavy atom. The highest BCUT2D eigenvalue weighted by molar-refractivity contribution is 9.10. The second kappa shape index (κ2) is 6.38. The first-order valence-electron chi connectivity index (χ1n) is 5.16. The normalized spacial score (nSPS) is 12.7. The Morgan fingerprint density at radius 1 is 1.18 bits per heavy atom. The van der Waals surface area contributed by atoms with E-state index in [0.29, 0.717) is 4.47 Å². The van der Waals surface area contributed by atoms with E-state index >= 15 is 0 Å². The molecule has 0 aliphatic heterocycles. The summed E-state index contributed by atoms with van der Waals surface area (Å²) < 4.78 is 35.5. The van der Waals surface area contributed by atoms with Gasteiger partial charge in [0, 0.05) is 4.47 Å². The molecule has 0 atom stereocenters. The van der Waals surface area contributed by atoms with Crippen LogP contribution in [0.15, 0.2) is 32.3 Å². The lowest BCUT2D eigenvalue weighted by Crippen LogP contribution is -2.20. The van der Waals surface area contributed by atoms with Gasteiger partial charge in [-0.05, 0) is 51.3 Å². The van der Waals surface area contributed by atoms with Crippen molar-refractivity contribution in [2.75, 3.05) is 0 Å². The van der Waals surface area contributed by atoms with Crippen molar-refractivity contribution in [1.82, 2.24) is 9.78 Å². The Kier molecular flexibility index (Phi) is 5.45. The maximum Gasteiger partial charge on any atom is 0.362 e. The first-order valence-corrected chi connectivity index (χ1v) is 9.74. The third kappa shape index (κ3) is 3.29. The minimum absolute atomic E-state index is 0.123. The third-order valence-electron chi connectivity index (χ3n) is 2.47. The second-order valence-electron chi connectivity index (χ2n) is 3.88. The number of hydrogen-bond acceptors (Lipinski definition) is 3. The molecule has 0 amide bonds. The van der Waals surface area contributed by atoms with E-state index < -0.39 is 18.7 Å². The van der Waals surface area contributed by atoms with Crippen molar-refractivity contribution in [3.8, 4) is 5.69 Å². The van der Waals surface area contributed by atoms with Gasteiger partial charge in [-0.1, -0.05) is 39.1 Å². The first kappa shape index (κ1) is 18.8. The predicted molar refractivity (Wildman–Crippen MR) is 91.7 cm³/mol. The lowest BCUT2D eigenvalue weighted by molar-refractivity contribution is 0.469. The Bertz CT molecular complexity index is 828. The zero-order valence-corrected chi connectivity index (χ0v) is 17.0. The lowest BCUT2D eigenvalue weighted by atomic mass is 10.3. The number of nitrogens with zero attached hydrogens (tertiary/aromatic N) is 2. The second-order valence-corrected chi connectivity index (χ2v) is 10.1. The molecule has 0 unspecified atom stereocenters. The number of rotatable bonds is 3. The van der Waals surface area contributed by atoms with E-state index in [9.17, 15) is 12.8 Å². The molecule has 0 aliphatic carbocycles. The van der Waals surface area contributed by atoms with Gasteiger partial charge in [0.1, 0.15) is 15.2 Å². The predicted octanol–water partition coefficient (Wildman–Crippen LogP) is 5.54. The van der Waals surface area contributed by atoms with Crippen molar-refractivity contribution in [1.29, 1.82) is 0 Å². The van der Waals surface area contributed by atoms with Crippen molar-refractivity contribution in [2.45, 2.75) is 8.81 Å². The molecule has 0 saturated carbocycles. The molecule has 0 bridgehead atoms. The van der Waals surface area contributed by atoms with Crippen molar-refractivity contribution >= 4 is 88.1 Å². The fourth-order valence-corrected chi connectivity index (χ4v) is 5.14. The SMILES string of the molecule is O=S(=O)(c1cnn(-c2c(Cl)cc(Br)cc2Cl)c1Br)C(F)(Cl)Cl. The summed E-state index contributed by atoms with van der Waals surface area (Å²) in [5.74, 6) is 0. The summed E-state index contributed by atoms with van der Waals surface area (Å²) in [5, 5.41) is 4.22. The molecular formula is C10H3Br2Cl4FN2O2S. The zero-order valence-electron chi connectivity index (χ0n) is 10.00. The molecule has 0 radical (unpaired) electrons. The molecular weight excluding hydrogens is 533 g/mol. The van der Waals surface area contributed by atoms with E-state index in [1.165, 1.54) is 12.1 Å². The molecule has 0 aliphatic rings. The molecule has 0 N–H and O–H groups in total. The van der Waals surface area contributed by atoms with Crippen LogP contribution in [0.1, 0.15) is 0 Å². The number of aromatic nitrogens is 2. The Morgan fingerprint density at radius 3 is 2.14 bits per heavy atom. The zero-order chi connectivity index (χ0) is 16.9. The molecule has 0 saturated heterocycles. The van der Waals surface area contributed by atoms with Gasteiger partial charge in [0.25, 0.3) is 0 Å². The van der Waals surface area contributed by atoms with Crippen LogP contribution in [0.4, 0.5) is 4.39 Å². The van der Waals surface area contributed by atoms with Crippen LogP contribution in [0.25, 0.3) is 5.69 Å². The fraction of sp³-hybridized carbons (Fsp3) is 0.100. The van der Waals surface area contributed by atoms with Gasteiger partial charge in [0.2, 0.25) is 9.84 Å². The summed E-state index contributed by atoms with van der Waals surface area (Å²) in [6.45, 7) is 0. The maximum absolute atomic E-state index is 13.5. The van der Waals surface area contributed by atoms with E-state index in [2.05, 4.69) is 37.0 Å². The van der Waals surface area contributed by atoms with E-state index in [4.69, 9.17) is 46.4 Å². The van der Waals surface area contributed by atoms with Crippen LogP contribution in [0.3, 0.4) is 0 Å². The summed E-state index contributed by atoms with van der Waals surface area (Å²) in [4.78, 5) is -0.546. The number of sulfone groups is 1. The number of halogens is 7. The molecule has 4 nitrogen and oxygen atoms in total. The van der Waals surface area contributed by atoms with Crippen molar-refractivity contribution in [3.63, 3.8) is 0 Å². The molecule has 2 rings (SSSR count). The van der Waals surface area contributed by atoms with Crippen molar-refractivity contribution < 1.29 is 12.8 Å². The summed E-state index contributed by atoms with van der Waals surface area (Å²) in [6, 6.07) is 3.07. The Balaban J connectivity index is 2.69. The minimum atomic E-state index is -4.69. The number of benzene rings is 1. The average molecular weight is 536 g/mol. The van der Waals surface area contributed by atoms with E-state index in [-0.39, 0.29) is 20.3 Å². The van der Waals surface area contributed by atoms with Crippen LogP contribution >= 0.6 is 78.3 Å². The minimum Gasteiger partial charge on any atom is -0.222 e.